The van der Waals surface area contributed by atoms with Crippen molar-refractivity contribution in [3.8, 4) is 5.75 Å². The summed E-state index contributed by atoms with van der Waals surface area (Å²) < 4.78 is 9.51. The van der Waals surface area contributed by atoms with Crippen molar-refractivity contribution in [3.63, 3.8) is 0 Å². The van der Waals surface area contributed by atoms with Gasteiger partial charge >= 0.3 is 0 Å². The summed E-state index contributed by atoms with van der Waals surface area (Å²) in [6.45, 7) is 2.74. The molecule has 8 heteroatoms. The molecule has 0 amide bonds. The van der Waals surface area contributed by atoms with Gasteiger partial charge in [0.25, 0.3) is 0 Å². The van der Waals surface area contributed by atoms with E-state index in [4.69, 9.17) is 17.0 Å². The van der Waals surface area contributed by atoms with Crippen molar-refractivity contribution in [3.05, 3.63) is 37.2 Å². The molecule has 0 atom stereocenters. The summed E-state index contributed by atoms with van der Waals surface area (Å²) in [4.78, 5) is 0. The zero-order chi connectivity index (χ0) is 15.4. The van der Waals surface area contributed by atoms with Gasteiger partial charge in [0.15, 0.2) is 5.82 Å². The van der Waals surface area contributed by atoms with Crippen LogP contribution in [0.25, 0.3) is 0 Å². The number of nitrogens with zero attached hydrogens (tertiary/aromatic N) is 2. The number of rotatable bonds is 6. The molecule has 0 radical (unpaired) electrons. The Morgan fingerprint density at radius 3 is 2.62 bits per heavy atom. The van der Waals surface area contributed by atoms with Crippen LogP contribution in [0, 0.1) is 4.77 Å². The number of nitrogens with one attached hydrogen (secondary N) is 2. The summed E-state index contributed by atoms with van der Waals surface area (Å²) in [5.74, 6) is 1.69. The predicted molar refractivity (Wildman–Crippen MR) is 92.9 cm³/mol. The van der Waals surface area contributed by atoms with Crippen LogP contribution >= 0.6 is 44.1 Å². The topological polar surface area (TPSA) is 54.9 Å². The summed E-state index contributed by atoms with van der Waals surface area (Å²) in [7, 11) is 1.64. The van der Waals surface area contributed by atoms with Gasteiger partial charge in [0, 0.05) is 6.42 Å². The first-order valence-electron chi connectivity index (χ1n) is 6.48. The van der Waals surface area contributed by atoms with Crippen LogP contribution in [0.4, 0.5) is 0 Å². The molecular weight excluding hydrogens is 420 g/mol. The molecule has 2 aromatic rings. The Hall–Kier alpha value is -0.860. The smallest absolute Gasteiger partial charge is 0.214 e. The number of aromatic amines is 1. The van der Waals surface area contributed by atoms with E-state index >= 15 is 0 Å². The Kier molecular flexibility index (Phi) is 5.83. The molecule has 0 aliphatic carbocycles. The number of halogens is 2. The lowest BCUT2D eigenvalue weighted by Crippen LogP contribution is -2.17. The molecule has 2 rings (SSSR count). The first kappa shape index (κ1) is 16.5. The summed E-state index contributed by atoms with van der Waals surface area (Å²) in [6, 6.07) is 4.03. The minimum Gasteiger partial charge on any atom is -0.494 e. The lowest BCUT2D eigenvalue weighted by atomic mass is 10.2. The van der Waals surface area contributed by atoms with E-state index in [1.807, 2.05) is 16.8 Å². The molecule has 0 unspecified atom stereocenters. The quantitative estimate of drug-likeness (QED) is 0.668. The van der Waals surface area contributed by atoms with Crippen molar-refractivity contribution in [1.29, 1.82) is 0 Å². The van der Waals surface area contributed by atoms with Crippen LogP contribution in [0.5, 0.6) is 5.75 Å². The normalized spacial score (nSPS) is 10.7. The van der Waals surface area contributed by atoms with Gasteiger partial charge < -0.3 is 10.2 Å². The molecule has 0 fully saturated rings. The van der Waals surface area contributed by atoms with Crippen LogP contribution in [0.3, 0.4) is 0 Å². The van der Waals surface area contributed by atoms with E-state index in [1.54, 1.807) is 7.11 Å². The molecule has 1 aromatic heterocycles. The first-order valence-corrected chi connectivity index (χ1v) is 8.48. The number of methoxy groups -OCH3 is 1. The standard InChI is InChI=1S/C13H16Br2N4OS/c1-3-4-11-17-18-13(21)19(11)16-7-8-5-9(14)12(20-2)10(15)6-8/h5-6,16H,3-4,7H2,1-2H3,(H,18,21). The van der Waals surface area contributed by atoms with E-state index in [0.29, 0.717) is 11.3 Å². The number of benzene rings is 1. The van der Waals surface area contributed by atoms with E-state index in [1.165, 1.54) is 0 Å². The summed E-state index contributed by atoms with van der Waals surface area (Å²) in [5, 5.41) is 7.04. The summed E-state index contributed by atoms with van der Waals surface area (Å²) in [6.07, 6.45) is 1.89. The van der Waals surface area contributed by atoms with Crippen LogP contribution in [0.2, 0.25) is 0 Å². The Balaban J connectivity index is 2.17. The van der Waals surface area contributed by atoms with Crippen molar-refractivity contribution in [2.45, 2.75) is 26.3 Å². The van der Waals surface area contributed by atoms with Gasteiger partial charge in [-0.15, -0.1) is 0 Å². The molecule has 2 N–H and O–H groups in total. The molecule has 21 heavy (non-hydrogen) atoms. The maximum absolute atomic E-state index is 5.30. The van der Waals surface area contributed by atoms with E-state index in [0.717, 1.165) is 38.9 Å². The summed E-state index contributed by atoms with van der Waals surface area (Å²) in [5.41, 5.74) is 4.39. The molecule has 1 heterocycles. The number of aromatic nitrogens is 3. The Morgan fingerprint density at radius 1 is 1.38 bits per heavy atom. The molecule has 5 nitrogen and oxygen atoms in total. The van der Waals surface area contributed by atoms with Crippen LogP contribution in [0.1, 0.15) is 24.7 Å². The van der Waals surface area contributed by atoms with Gasteiger partial charge in [-0.25, -0.2) is 4.68 Å². The predicted octanol–water partition coefficient (Wildman–Crippen LogP) is 4.17. The monoisotopic (exact) mass is 434 g/mol. The Bertz CT molecular complexity index is 660. The van der Waals surface area contributed by atoms with Gasteiger partial charge in [-0.2, -0.15) is 5.10 Å². The minimum atomic E-state index is 0.574. The third kappa shape index (κ3) is 3.87. The van der Waals surface area contributed by atoms with Gasteiger partial charge in [-0.3, -0.25) is 5.10 Å². The number of H-pyrrole nitrogens is 1. The molecule has 0 spiro atoms. The maximum atomic E-state index is 5.30. The highest BCUT2D eigenvalue weighted by Gasteiger charge is 2.09. The third-order valence-electron chi connectivity index (χ3n) is 2.92. The second kappa shape index (κ2) is 7.42. The van der Waals surface area contributed by atoms with Crippen LogP contribution < -0.4 is 10.2 Å². The van der Waals surface area contributed by atoms with Gasteiger partial charge in [0.2, 0.25) is 4.77 Å². The number of hydrogen-bond donors (Lipinski definition) is 2. The average Bonchev–Trinajstić information content (AvgIpc) is 2.77. The van der Waals surface area contributed by atoms with E-state index < -0.39 is 0 Å². The first-order chi connectivity index (χ1) is 10.1. The van der Waals surface area contributed by atoms with Crippen LogP contribution in [0.15, 0.2) is 21.1 Å². The molecule has 0 aliphatic heterocycles. The fourth-order valence-corrected chi connectivity index (χ4v) is 3.78. The van der Waals surface area contributed by atoms with Crippen molar-refractivity contribution < 1.29 is 4.74 Å². The second-order valence-corrected chi connectivity index (χ2v) is 6.55. The van der Waals surface area contributed by atoms with Crippen molar-refractivity contribution in [2.24, 2.45) is 0 Å². The van der Waals surface area contributed by atoms with Gasteiger partial charge in [0.05, 0.1) is 22.6 Å². The van der Waals surface area contributed by atoms with E-state index in [-0.39, 0.29) is 0 Å². The van der Waals surface area contributed by atoms with Crippen molar-refractivity contribution >= 4 is 44.1 Å². The van der Waals surface area contributed by atoms with Crippen LogP contribution in [-0.2, 0) is 13.0 Å². The third-order valence-corrected chi connectivity index (χ3v) is 4.37. The fourth-order valence-electron chi connectivity index (χ4n) is 1.96. The zero-order valence-corrected chi connectivity index (χ0v) is 15.7. The molecule has 0 bridgehead atoms. The highest BCUT2D eigenvalue weighted by Crippen LogP contribution is 2.34. The fraction of sp³-hybridized carbons (Fsp3) is 0.385. The zero-order valence-electron chi connectivity index (χ0n) is 11.7. The van der Waals surface area contributed by atoms with Gasteiger partial charge in [0.1, 0.15) is 5.75 Å². The Labute approximate surface area is 145 Å². The van der Waals surface area contributed by atoms with Gasteiger partial charge in [-0.1, -0.05) is 6.92 Å². The minimum absolute atomic E-state index is 0.574. The lowest BCUT2D eigenvalue weighted by molar-refractivity contribution is 0.409. The lowest BCUT2D eigenvalue weighted by Gasteiger charge is -2.12. The molecule has 0 aliphatic rings. The number of aryl methyl sites for hydroxylation is 1. The van der Waals surface area contributed by atoms with Crippen molar-refractivity contribution in [1.82, 2.24) is 14.9 Å². The second-order valence-electron chi connectivity index (χ2n) is 4.46. The molecule has 1 aromatic carbocycles. The molecule has 0 saturated carbocycles. The maximum Gasteiger partial charge on any atom is 0.214 e. The largest absolute Gasteiger partial charge is 0.494 e. The van der Waals surface area contributed by atoms with Crippen LogP contribution in [-0.4, -0.2) is 22.0 Å². The summed E-state index contributed by atoms with van der Waals surface area (Å²) >= 11 is 12.2. The van der Waals surface area contributed by atoms with Crippen molar-refractivity contribution in [2.75, 3.05) is 12.5 Å². The molecule has 114 valence electrons. The number of ether oxygens (including phenoxy) is 1. The van der Waals surface area contributed by atoms with E-state index in [9.17, 15) is 0 Å². The molecular formula is C13H16Br2N4OS. The Morgan fingerprint density at radius 2 is 2.05 bits per heavy atom. The highest BCUT2D eigenvalue weighted by atomic mass is 79.9. The average molecular weight is 436 g/mol. The molecule has 0 saturated heterocycles. The SMILES string of the molecule is CCCc1n[nH]c(=S)n1NCc1cc(Br)c(OC)c(Br)c1. The van der Waals surface area contributed by atoms with Gasteiger partial charge in [-0.05, 0) is 68.2 Å². The highest BCUT2D eigenvalue weighted by molar-refractivity contribution is 9.11. The number of hydrogen-bond acceptors (Lipinski definition) is 4. The van der Waals surface area contributed by atoms with E-state index in [2.05, 4.69) is 54.4 Å².